The van der Waals surface area contributed by atoms with E-state index in [0.717, 1.165) is 17.7 Å². The van der Waals surface area contributed by atoms with Gasteiger partial charge in [0.1, 0.15) is 23.4 Å². The maximum Gasteiger partial charge on any atom is 0.318 e. The highest BCUT2D eigenvalue weighted by Crippen LogP contribution is 2.27. The van der Waals surface area contributed by atoms with Gasteiger partial charge in [0, 0.05) is 18.2 Å². The Balaban J connectivity index is 1.77. The van der Waals surface area contributed by atoms with E-state index < -0.39 is 0 Å². The molecule has 0 atom stereocenters. The third-order valence-corrected chi connectivity index (χ3v) is 4.38. The molecule has 0 unspecified atom stereocenters. The molecule has 0 aliphatic carbocycles. The van der Waals surface area contributed by atoms with Crippen molar-refractivity contribution in [2.24, 2.45) is 0 Å². The molecule has 3 aromatic rings. The SMILES string of the molecule is COc1ccc(CCNc2cc(-c3ccc(OC)c(C#N)c3)nc(OC)n2)cc1. The standard InChI is InChI=1S/C22H22N4O3/c1-27-18-7-4-15(5-8-18)10-11-24-21-13-19(25-22(26-21)29-3)16-6-9-20(28-2)17(12-16)14-23/h4-9,12-13H,10-11H2,1-3H3,(H,24,25,26). The van der Waals surface area contributed by atoms with Crippen molar-refractivity contribution in [2.75, 3.05) is 33.2 Å². The summed E-state index contributed by atoms with van der Waals surface area (Å²) in [5, 5.41) is 12.6. The number of hydrogen-bond donors (Lipinski definition) is 1. The van der Waals surface area contributed by atoms with Crippen molar-refractivity contribution in [3.63, 3.8) is 0 Å². The zero-order valence-corrected chi connectivity index (χ0v) is 16.6. The van der Waals surface area contributed by atoms with Gasteiger partial charge < -0.3 is 19.5 Å². The van der Waals surface area contributed by atoms with Crippen molar-refractivity contribution in [1.29, 1.82) is 5.26 Å². The molecule has 1 aromatic heterocycles. The second-order valence-electron chi connectivity index (χ2n) is 6.18. The van der Waals surface area contributed by atoms with Gasteiger partial charge in [0.15, 0.2) is 0 Å². The Morgan fingerprint density at radius 3 is 2.38 bits per heavy atom. The van der Waals surface area contributed by atoms with Gasteiger partial charge >= 0.3 is 6.01 Å². The van der Waals surface area contributed by atoms with E-state index in [1.807, 2.05) is 36.4 Å². The number of anilines is 1. The lowest BCUT2D eigenvalue weighted by atomic mass is 10.1. The van der Waals surface area contributed by atoms with Crippen LogP contribution in [0, 0.1) is 11.3 Å². The third kappa shape index (κ3) is 4.93. The van der Waals surface area contributed by atoms with E-state index in [4.69, 9.17) is 14.2 Å². The molecule has 29 heavy (non-hydrogen) atoms. The van der Waals surface area contributed by atoms with E-state index in [1.165, 1.54) is 19.8 Å². The lowest BCUT2D eigenvalue weighted by Crippen LogP contribution is -2.08. The maximum absolute atomic E-state index is 9.33. The molecule has 0 fully saturated rings. The fourth-order valence-corrected chi connectivity index (χ4v) is 2.84. The van der Waals surface area contributed by atoms with Crippen LogP contribution in [0.15, 0.2) is 48.5 Å². The molecule has 7 heteroatoms. The van der Waals surface area contributed by atoms with Crippen LogP contribution < -0.4 is 19.5 Å². The largest absolute Gasteiger partial charge is 0.497 e. The van der Waals surface area contributed by atoms with Crippen LogP contribution in [0.25, 0.3) is 11.3 Å². The van der Waals surface area contributed by atoms with Crippen LogP contribution in [0.2, 0.25) is 0 Å². The number of nitrogens with zero attached hydrogens (tertiary/aromatic N) is 3. The minimum absolute atomic E-state index is 0.253. The number of methoxy groups -OCH3 is 3. The molecule has 0 spiro atoms. The monoisotopic (exact) mass is 390 g/mol. The van der Waals surface area contributed by atoms with Crippen LogP contribution in [0.3, 0.4) is 0 Å². The molecular weight excluding hydrogens is 368 g/mol. The second kappa shape index (κ2) is 9.42. The lowest BCUT2D eigenvalue weighted by Gasteiger charge is -2.11. The van der Waals surface area contributed by atoms with Crippen molar-refractivity contribution in [3.8, 4) is 34.8 Å². The first-order chi connectivity index (χ1) is 14.2. The quantitative estimate of drug-likeness (QED) is 0.627. The fourth-order valence-electron chi connectivity index (χ4n) is 2.84. The highest BCUT2D eigenvalue weighted by atomic mass is 16.5. The van der Waals surface area contributed by atoms with Crippen LogP contribution in [-0.4, -0.2) is 37.8 Å². The van der Waals surface area contributed by atoms with Crippen molar-refractivity contribution in [3.05, 3.63) is 59.7 Å². The molecule has 0 amide bonds. The maximum atomic E-state index is 9.33. The summed E-state index contributed by atoms with van der Waals surface area (Å²) in [5.74, 6) is 2.01. The molecule has 0 aliphatic rings. The molecule has 0 bridgehead atoms. The van der Waals surface area contributed by atoms with Crippen molar-refractivity contribution in [1.82, 2.24) is 9.97 Å². The summed E-state index contributed by atoms with van der Waals surface area (Å²) < 4.78 is 15.6. The van der Waals surface area contributed by atoms with Crippen LogP contribution >= 0.6 is 0 Å². The predicted molar refractivity (Wildman–Crippen MR) is 110 cm³/mol. The van der Waals surface area contributed by atoms with E-state index in [1.54, 1.807) is 19.2 Å². The average molecular weight is 390 g/mol. The normalized spacial score (nSPS) is 10.1. The summed E-state index contributed by atoms with van der Waals surface area (Å²) in [7, 11) is 4.71. The van der Waals surface area contributed by atoms with Crippen molar-refractivity contribution >= 4 is 5.82 Å². The summed E-state index contributed by atoms with van der Waals surface area (Å²) in [5.41, 5.74) is 3.06. The summed E-state index contributed by atoms with van der Waals surface area (Å²) in [6.07, 6.45) is 0.826. The first kappa shape index (κ1) is 20.0. The van der Waals surface area contributed by atoms with Crippen LogP contribution in [0.1, 0.15) is 11.1 Å². The zero-order valence-electron chi connectivity index (χ0n) is 16.6. The minimum Gasteiger partial charge on any atom is -0.497 e. The first-order valence-corrected chi connectivity index (χ1v) is 9.05. The van der Waals surface area contributed by atoms with Crippen molar-refractivity contribution in [2.45, 2.75) is 6.42 Å². The number of rotatable bonds is 8. The molecule has 0 saturated carbocycles. The van der Waals surface area contributed by atoms with E-state index in [2.05, 4.69) is 21.4 Å². The molecule has 2 aromatic carbocycles. The topological polar surface area (TPSA) is 89.3 Å². The predicted octanol–water partition coefficient (Wildman–Crippen LogP) is 3.70. The van der Waals surface area contributed by atoms with Gasteiger partial charge in [-0.05, 0) is 42.3 Å². The van der Waals surface area contributed by atoms with Crippen LogP contribution in [-0.2, 0) is 6.42 Å². The van der Waals surface area contributed by atoms with Gasteiger partial charge in [0.05, 0.1) is 32.6 Å². The molecule has 0 saturated heterocycles. The van der Waals surface area contributed by atoms with E-state index in [0.29, 0.717) is 29.4 Å². The first-order valence-electron chi connectivity index (χ1n) is 9.05. The number of hydrogen-bond acceptors (Lipinski definition) is 7. The summed E-state index contributed by atoms with van der Waals surface area (Å²) >= 11 is 0. The Hall–Kier alpha value is -3.79. The molecular formula is C22H22N4O3. The molecule has 0 aliphatic heterocycles. The number of ether oxygens (including phenoxy) is 3. The minimum atomic E-state index is 0.253. The molecule has 3 rings (SSSR count). The highest BCUT2D eigenvalue weighted by molar-refractivity contribution is 5.66. The number of benzene rings is 2. The van der Waals surface area contributed by atoms with Crippen LogP contribution in [0.5, 0.6) is 17.5 Å². The van der Waals surface area contributed by atoms with E-state index in [-0.39, 0.29) is 6.01 Å². The Labute approximate surface area is 169 Å². The molecule has 148 valence electrons. The van der Waals surface area contributed by atoms with Crippen LogP contribution in [0.4, 0.5) is 5.82 Å². The van der Waals surface area contributed by atoms with E-state index in [9.17, 15) is 5.26 Å². The zero-order chi connectivity index (χ0) is 20.6. The van der Waals surface area contributed by atoms with Gasteiger partial charge in [-0.2, -0.15) is 15.2 Å². The second-order valence-corrected chi connectivity index (χ2v) is 6.18. The van der Waals surface area contributed by atoms with E-state index >= 15 is 0 Å². The molecule has 1 N–H and O–H groups in total. The highest BCUT2D eigenvalue weighted by Gasteiger charge is 2.10. The van der Waals surface area contributed by atoms with Gasteiger partial charge in [-0.25, -0.2) is 0 Å². The Morgan fingerprint density at radius 1 is 0.931 bits per heavy atom. The summed E-state index contributed by atoms with van der Waals surface area (Å²) in [6.45, 7) is 0.692. The Bertz CT molecular complexity index is 1010. The van der Waals surface area contributed by atoms with Crippen molar-refractivity contribution < 1.29 is 14.2 Å². The molecule has 1 heterocycles. The number of aromatic nitrogens is 2. The smallest absolute Gasteiger partial charge is 0.318 e. The Morgan fingerprint density at radius 2 is 1.72 bits per heavy atom. The number of nitrogens with one attached hydrogen (secondary N) is 1. The van der Waals surface area contributed by atoms with Gasteiger partial charge in [0.25, 0.3) is 0 Å². The Kier molecular flexibility index (Phi) is 6.48. The van der Waals surface area contributed by atoms with Gasteiger partial charge in [0.2, 0.25) is 0 Å². The summed E-state index contributed by atoms with van der Waals surface area (Å²) in [4.78, 5) is 8.76. The van der Waals surface area contributed by atoms with Gasteiger partial charge in [-0.15, -0.1) is 0 Å². The number of nitriles is 1. The average Bonchev–Trinajstić information content (AvgIpc) is 2.78. The van der Waals surface area contributed by atoms with Gasteiger partial charge in [-0.1, -0.05) is 12.1 Å². The molecule has 7 nitrogen and oxygen atoms in total. The lowest BCUT2D eigenvalue weighted by molar-refractivity contribution is 0.381. The van der Waals surface area contributed by atoms with Gasteiger partial charge in [-0.3, -0.25) is 0 Å². The summed E-state index contributed by atoms with van der Waals surface area (Å²) in [6, 6.07) is 17.5. The fraction of sp³-hybridized carbons (Fsp3) is 0.227. The third-order valence-electron chi connectivity index (χ3n) is 4.38. The molecule has 0 radical (unpaired) electrons.